The third-order valence-corrected chi connectivity index (χ3v) is 4.85. The Kier molecular flexibility index (Phi) is 3.27. The van der Waals surface area contributed by atoms with E-state index in [4.69, 9.17) is 4.74 Å². The number of ether oxygens (including phenoxy) is 1. The molecule has 1 heterocycles. The molecule has 0 fully saturated rings. The largest absolute Gasteiger partial charge is 0.374 e. The fraction of sp³-hybridized carbons (Fsp3) is 0.667. The van der Waals surface area contributed by atoms with Crippen molar-refractivity contribution < 1.29 is 4.74 Å². The average Bonchev–Trinajstić information content (AvgIpc) is 2.50. The van der Waals surface area contributed by atoms with Crippen molar-refractivity contribution in [3.63, 3.8) is 0 Å². The standard InChI is InChI=1S/C9H18N2OSi/c1-8(13(2,3)4)12-7-9-10-5-6-11-9/h5-6,8H,7H2,1-4H3,(H,10,11). The Hall–Kier alpha value is -0.613. The number of rotatable bonds is 4. The van der Waals surface area contributed by atoms with E-state index in [1.54, 1.807) is 6.20 Å². The van der Waals surface area contributed by atoms with Crippen LogP contribution in [-0.4, -0.2) is 23.8 Å². The van der Waals surface area contributed by atoms with Gasteiger partial charge in [0.15, 0.2) is 0 Å². The van der Waals surface area contributed by atoms with Gasteiger partial charge in [0, 0.05) is 18.1 Å². The smallest absolute Gasteiger partial charge is 0.132 e. The summed E-state index contributed by atoms with van der Waals surface area (Å²) in [6.07, 6.45) is 3.57. The van der Waals surface area contributed by atoms with Crippen LogP contribution in [0, 0.1) is 0 Å². The second kappa shape index (κ2) is 4.06. The van der Waals surface area contributed by atoms with E-state index >= 15 is 0 Å². The fourth-order valence-electron chi connectivity index (χ4n) is 0.831. The molecule has 0 saturated carbocycles. The van der Waals surface area contributed by atoms with Gasteiger partial charge in [-0.15, -0.1) is 0 Å². The number of aromatic amines is 1. The maximum Gasteiger partial charge on any atom is 0.132 e. The highest BCUT2D eigenvalue weighted by molar-refractivity contribution is 6.77. The highest BCUT2D eigenvalue weighted by atomic mass is 28.3. The number of hydrogen-bond acceptors (Lipinski definition) is 2. The van der Waals surface area contributed by atoms with Crippen LogP contribution in [0.15, 0.2) is 12.4 Å². The third kappa shape index (κ3) is 3.32. The van der Waals surface area contributed by atoms with E-state index in [1.807, 2.05) is 6.20 Å². The van der Waals surface area contributed by atoms with Crippen LogP contribution in [0.1, 0.15) is 12.7 Å². The summed E-state index contributed by atoms with van der Waals surface area (Å²) in [6.45, 7) is 9.66. The van der Waals surface area contributed by atoms with Crippen LogP contribution in [0.3, 0.4) is 0 Å². The molecule has 1 atom stereocenters. The minimum atomic E-state index is -1.16. The topological polar surface area (TPSA) is 37.9 Å². The summed E-state index contributed by atoms with van der Waals surface area (Å²) >= 11 is 0. The average molecular weight is 198 g/mol. The van der Waals surface area contributed by atoms with Gasteiger partial charge in [-0.05, 0) is 6.92 Å². The first-order chi connectivity index (χ1) is 6.00. The van der Waals surface area contributed by atoms with Crippen LogP contribution in [0.4, 0.5) is 0 Å². The number of H-pyrrole nitrogens is 1. The lowest BCUT2D eigenvalue weighted by Crippen LogP contribution is -2.37. The second-order valence-electron chi connectivity index (χ2n) is 4.36. The molecular formula is C9H18N2OSi. The summed E-state index contributed by atoms with van der Waals surface area (Å²) in [7, 11) is -1.16. The SMILES string of the molecule is CC(OCc1ncc[nH]1)[Si](C)(C)C. The maximum atomic E-state index is 5.72. The molecule has 0 spiro atoms. The Labute approximate surface area is 80.5 Å². The van der Waals surface area contributed by atoms with E-state index in [0.29, 0.717) is 12.3 Å². The predicted octanol–water partition coefficient (Wildman–Crippen LogP) is 2.19. The summed E-state index contributed by atoms with van der Waals surface area (Å²) in [5.74, 6) is 0.908. The van der Waals surface area contributed by atoms with Gasteiger partial charge in [-0.3, -0.25) is 0 Å². The van der Waals surface area contributed by atoms with E-state index in [9.17, 15) is 0 Å². The van der Waals surface area contributed by atoms with Crippen molar-refractivity contribution in [1.82, 2.24) is 9.97 Å². The summed E-state index contributed by atoms with van der Waals surface area (Å²) in [6, 6.07) is 0. The highest BCUT2D eigenvalue weighted by Crippen LogP contribution is 2.11. The first-order valence-corrected chi connectivity index (χ1v) is 8.18. The molecule has 0 saturated heterocycles. The molecule has 1 aromatic rings. The lowest BCUT2D eigenvalue weighted by Gasteiger charge is -2.24. The quantitative estimate of drug-likeness (QED) is 0.753. The number of hydrogen-bond donors (Lipinski definition) is 1. The van der Waals surface area contributed by atoms with Gasteiger partial charge in [0.05, 0.1) is 8.07 Å². The molecule has 0 aliphatic rings. The summed E-state index contributed by atoms with van der Waals surface area (Å²) < 4.78 is 5.72. The summed E-state index contributed by atoms with van der Waals surface area (Å²) in [5.41, 5.74) is 0.373. The zero-order valence-corrected chi connectivity index (χ0v) is 9.79. The maximum absolute atomic E-state index is 5.72. The van der Waals surface area contributed by atoms with E-state index in [1.165, 1.54) is 0 Å². The first kappa shape index (κ1) is 10.5. The van der Waals surface area contributed by atoms with Crippen LogP contribution < -0.4 is 0 Å². The van der Waals surface area contributed by atoms with Crippen molar-refractivity contribution in [3.05, 3.63) is 18.2 Å². The number of nitrogens with zero attached hydrogens (tertiary/aromatic N) is 1. The predicted molar refractivity (Wildman–Crippen MR) is 56.2 cm³/mol. The Morgan fingerprint density at radius 2 is 2.23 bits per heavy atom. The Bertz CT molecular complexity index is 241. The van der Waals surface area contributed by atoms with E-state index in [2.05, 4.69) is 36.5 Å². The van der Waals surface area contributed by atoms with Gasteiger partial charge in [-0.2, -0.15) is 0 Å². The molecule has 0 amide bonds. The molecule has 0 aromatic carbocycles. The molecule has 0 aliphatic heterocycles. The minimum Gasteiger partial charge on any atom is -0.374 e. The van der Waals surface area contributed by atoms with Crippen molar-refractivity contribution in [2.24, 2.45) is 0 Å². The Morgan fingerprint density at radius 3 is 2.69 bits per heavy atom. The molecule has 4 heteroatoms. The zero-order valence-electron chi connectivity index (χ0n) is 8.79. The van der Waals surface area contributed by atoms with Crippen molar-refractivity contribution in [2.45, 2.75) is 38.9 Å². The van der Waals surface area contributed by atoms with Crippen molar-refractivity contribution in [1.29, 1.82) is 0 Å². The molecule has 0 aliphatic carbocycles. The number of imidazole rings is 1. The van der Waals surface area contributed by atoms with E-state index in [-0.39, 0.29) is 0 Å². The molecule has 1 unspecified atom stereocenters. The van der Waals surface area contributed by atoms with Crippen molar-refractivity contribution >= 4 is 8.07 Å². The van der Waals surface area contributed by atoms with Gasteiger partial charge in [-0.1, -0.05) is 19.6 Å². The first-order valence-electron chi connectivity index (χ1n) is 4.60. The van der Waals surface area contributed by atoms with E-state index < -0.39 is 8.07 Å². The van der Waals surface area contributed by atoms with Crippen molar-refractivity contribution in [2.75, 3.05) is 0 Å². The molecule has 13 heavy (non-hydrogen) atoms. The van der Waals surface area contributed by atoms with Crippen LogP contribution >= 0.6 is 0 Å². The summed E-state index contributed by atoms with van der Waals surface area (Å²) in [5, 5.41) is 0. The monoisotopic (exact) mass is 198 g/mol. The van der Waals surface area contributed by atoms with Gasteiger partial charge in [0.1, 0.15) is 12.4 Å². The van der Waals surface area contributed by atoms with Crippen molar-refractivity contribution in [3.8, 4) is 0 Å². The molecule has 3 nitrogen and oxygen atoms in total. The second-order valence-corrected chi connectivity index (χ2v) is 9.90. The Morgan fingerprint density at radius 1 is 1.54 bits per heavy atom. The van der Waals surface area contributed by atoms with Gasteiger partial charge < -0.3 is 9.72 Å². The normalized spacial score (nSPS) is 14.5. The zero-order chi connectivity index (χ0) is 9.90. The number of nitrogens with one attached hydrogen (secondary N) is 1. The minimum absolute atomic E-state index is 0.373. The Balaban J connectivity index is 2.35. The molecular weight excluding hydrogens is 180 g/mol. The lowest BCUT2D eigenvalue weighted by atomic mass is 10.7. The molecule has 1 rings (SSSR count). The summed E-state index contributed by atoms with van der Waals surface area (Å²) in [4.78, 5) is 7.13. The molecule has 74 valence electrons. The molecule has 0 bridgehead atoms. The molecule has 0 radical (unpaired) electrons. The van der Waals surface area contributed by atoms with Crippen LogP contribution in [0.25, 0.3) is 0 Å². The lowest BCUT2D eigenvalue weighted by molar-refractivity contribution is 0.0933. The van der Waals surface area contributed by atoms with Crippen LogP contribution in [0.2, 0.25) is 19.6 Å². The molecule has 1 aromatic heterocycles. The fourth-order valence-corrected chi connectivity index (χ4v) is 1.41. The van der Waals surface area contributed by atoms with Gasteiger partial charge >= 0.3 is 0 Å². The molecule has 1 N–H and O–H groups in total. The third-order valence-electron chi connectivity index (χ3n) is 2.24. The van der Waals surface area contributed by atoms with Gasteiger partial charge in [0.2, 0.25) is 0 Å². The van der Waals surface area contributed by atoms with Crippen LogP contribution in [0.5, 0.6) is 0 Å². The van der Waals surface area contributed by atoms with Crippen LogP contribution in [-0.2, 0) is 11.3 Å². The van der Waals surface area contributed by atoms with Gasteiger partial charge in [-0.25, -0.2) is 4.98 Å². The number of aromatic nitrogens is 2. The highest BCUT2D eigenvalue weighted by Gasteiger charge is 2.23. The van der Waals surface area contributed by atoms with E-state index in [0.717, 1.165) is 5.82 Å². The van der Waals surface area contributed by atoms with Gasteiger partial charge in [0.25, 0.3) is 0 Å².